The molecule has 0 aromatic carbocycles. The van der Waals surface area contributed by atoms with Crippen molar-refractivity contribution in [3.05, 3.63) is 0 Å². The molecule has 3 aliphatic heterocycles. The fraction of sp³-hybridized carbons (Fsp3) is 0.941. The lowest BCUT2D eigenvalue weighted by Crippen LogP contribution is -2.57. The van der Waals surface area contributed by atoms with E-state index in [0.717, 1.165) is 39.0 Å². The molecule has 1 spiro atoms. The van der Waals surface area contributed by atoms with Gasteiger partial charge in [-0.1, -0.05) is 13.8 Å². The number of nitrogens with zero attached hydrogens (tertiary/aromatic N) is 3. The van der Waals surface area contributed by atoms with E-state index in [0.29, 0.717) is 30.8 Å². The molecule has 1 amide bonds. The third kappa shape index (κ3) is 2.88. The predicted molar refractivity (Wildman–Crippen MR) is 94.0 cm³/mol. The Kier molecular flexibility index (Phi) is 4.73. The van der Waals surface area contributed by atoms with E-state index in [2.05, 4.69) is 30.6 Å². The molecule has 138 valence electrons. The molecular weight excluding hydrogens is 326 g/mol. The van der Waals surface area contributed by atoms with E-state index in [-0.39, 0.29) is 11.5 Å². The van der Waals surface area contributed by atoms with Crippen molar-refractivity contribution >= 4 is 15.9 Å². The summed E-state index contributed by atoms with van der Waals surface area (Å²) >= 11 is 0. The van der Waals surface area contributed by atoms with E-state index in [9.17, 15) is 13.2 Å². The number of fused-ring (bicyclic) bond motifs is 2. The molecule has 24 heavy (non-hydrogen) atoms. The zero-order valence-corrected chi connectivity index (χ0v) is 16.2. The van der Waals surface area contributed by atoms with E-state index in [1.807, 2.05) is 0 Å². The van der Waals surface area contributed by atoms with Gasteiger partial charge in [-0.05, 0) is 25.7 Å². The van der Waals surface area contributed by atoms with Gasteiger partial charge in [0.2, 0.25) is 15.9 Å². The van der Waals surface area contributed by atoms with Gasteiger partial charge >= 0.3 is 0 Å². The predicted octanol–water partition coefficient (Wildman–Crippen LogP) is 0.847. The highest BCUT2D eigenvalue weighted by Gasteiger charge is 2.61. The van der Waals surface area contributed by atoms with Gasteiger partial charge in [0.15, 0.2) is 0 Å². The molecular formula is C17H31N3O3S. The molecule has 3 heterocycles. The minimum absolute atomic E-state index is 0.105. The Morgan fingerprint density at radius 1 is 1.21 bits per heavy atom. The first kappa shape index (κ1) is 18.1. The molecule has 0 bridgehead atoms. The van der Waals surface area contributed by atoms with Crippen LogP contribution < -0.4 is 0 Å². The molecule has 0 saturated carbocycles. The molecule has 0 unspecified atom stereocenters. The number of hydrogen-bond donors (Lipinski definition) is 0. The van der Waals surface area contributed by atoms with Crippen molar-refractivity contribution in [1.29, 1.82) is 0 Å². The number of carbonyl (C=O) groups excluding carboxylic acids is 1. The van der Waals surface area contributed by atoms with Crippen LogP contribution in [0.4, 0.5) is 0 Å². The highest BCUT2D eigenvalue weighted by Crippen LogP contribution is 2.49. The number of piperidine rings is 1. The Hall–Kier alpha value is -0.660. The monoisotopic (exact) mass is 357 g/mol. The minimum atomic E-state index is -3.14. The first-order valence-electron chi connectivity index (χ1n) is 9.18. The maximum Gasteiger partial charge on any atom is 0.227 e. The van der Waals surface area contributed by atoms with Crippen molar-refractivity contribution in [2.75, 3.05) is 45.5 Å². The molecule has 0 radical (unpaired) electrons. The summed E-state index contributed by atoms with van der Waals surface area (Å²) in [6, 6.07) is 0. The molecule has 7 heteroatoms. The van der Waals surface area contributed by atoms with Crippen LogP contribution in [0.3, 0.4) is 0 Å². The van der Waals surface area contributed by atoms with Crippen LogP contribution in [0.15, 0.2) is 0 Å². The van der Waals surface area contributed by atoms with Gasteiger partial charge in [0.1, 0.15) is 0 Å². The van der Waals surface area contributed by atoms with Crippen molar-refractivity contribution in [3.8, 4) is 0 Å². The van der Waals surface area contributed by atoms with E-state index >= 15 is 0 Å². The van der Waals surface area contributed by atoms with Gasteiger partial charge in [-0.25, -0.2) is 12.7 Å². The molecule has 0 N–H and O–H groups in total. The standard InChI is InChI=1S/C17H31N3O3S/c1-5-20-16(21)14-11-18(10-13(2)3)12-15(14)17(20)6-8-19(9-7-17)24(4,22)23/h13-15H,5-12H2,1-4H3/t14-,15+/m0/s1. The molecule has 0 aromatic rings. The maximum absolute atomic E-state index is 13.0. The topological polar surface area (TPSA) is 60.9 Å². The molecule has 0 aromatic heterocycles. The lowest BCUT2D eigenvalue weighted by atomic mass is 9.75. The van der Waals surface area contributed by atoms with Crippen LogP contribution in [0.1, 0.15) is 33.6 Å². The quantitative estimate of drug-likeness (QED) is 0.748. The lowest BCUT2D eigenvalue weighted by molar-refractivity contribution is -0.135. The highest BCUT2D eigenvalue weighted by atomic mass is 32.2. The minimum Gasteiger partial charge on any atom is -0.337 e. The summed E-state index contributed by atoms with van der Waals surface area (Å²) in [5.74, 6) is 1.35. The Morgan fingerprint density at radius 2 is 1.83 bits per heavy atom. The van der Waals surface area contributed by atoms with Crippen LogP contribution in [-0.4, -0.2) is 79.5 Å². The molecule has 2 atom stereocenters. The summed E-state index contributed by atoms with van der Waals surface area (Å²) in [6.45, 7) is 11.2. The number of likely N-dealkylation sites (tertiary alicyclic amines) is 2. The molecule has 3 rings (SSSR count). The van der Waals surface area contributed by atoms with Gasteiger partial charge in [-0.15, -0.1) is 0 Å². The molecule has 3 fully saturated rings. The smallest absolute Gasteiger partial charge is 0.227 e. The Bertz CT molecular complexity index is 596. The largest absolute Gasteiger partial charge is 0.337 e. The van der Waals surface area contributed by atoms with Crippen molar-refractivity contribution in [2.45, 2.75) is 39.2 Å². The first-order chi connectivity index (χ1) is 11.2. The summed E-state index contributed by atoms with van der Waals surface area (Å²) in [7, 11) is -3.14. The number of amides is 1. The van der Waals surface area contributed by atoms with Gasteiger partial charge in [0, 0.05) is 45.2 Å². The Morgan fingerprint density at radius 3 is 2.33 bits per heavy atom. The third-order valence-corrected chi connectivity index (χ3v) is 7.51. The summed E-state index contributed by atoms with van der Waals surface area (Å²) in [5, 5.41) is 0. The normalized spacial score (nSPS) is 31.4. The second-order valence-corrected chi connectivity index (χ2v) is 10.2. The van der Waals surface area contributed by atoms with E-state index < -0.39 is 10.0 Å². The lowest BCUT2D eigenvalue weighted by Gasteiger charge is -2.47. The summed E-state index contributed by atoms with van der Waals surface area (Å²) in [4.78, 5) is 17.5. The number of hydrogen-bond acceptors (Lipinski definition) is 4. The number of carbonyl (C=O) groups is 1. The fourth-order valence-electron chi connectivity index (χ4n) is 5.28. The van der Waals surface area contributed by atoms with Crippen molar-refractivity contribution in [3.63, 3.8) is 0 Å². The van der Waals surface area contributed by atoms with Gasteiger partial charge < -0.3 is 9.80 Å². The van der Waals surface area contributed by atoms with Gasteiger partial charge in [-0.3, -0.25) is 4.79 Å². The van der Waals surface area contributed by atoms with Crippen molar-refractivity contribution in [2.24, 2.45) is 17.8 Å². The Balaban J connectivity index is 1.82. The first-order valence-corrected chi connectivity index (χ1v) is 11.0. The number of rotatable bonds is 4. The van der Waals surface area contributed by atoms with Crippen LogP contribution in [0, 0.1) is 17.8 Å². The van der Waals surface area contributed by atoms with Gasteiger partial charge in [0.05, 0.1) is 17.7 Å². The van der Waals surface area contributed by atoms with E-state index in [4.69, 9.17) is 0 Å². The molecule has 6 nitrogen and oxygen atoms in total. The average molecular weight is 358 g/mol. The molecule has 0 aliphatic carbocycles. The van der Waals surface area contributed by atoms with Gasteiger partial charge in [-0.2, -0.15) is 0 Å². The second kappa shape index (κ2) is 6.25. The SMILES string of the molecule is CCN1C(=O)[C@H]2CN(CC(C)C)C[C@H]2C12CCN(S(C)(=O)=O)CC2. The maximum atomic E-state index is 13.0. The Labute approximate surface area is 146 Å². The second-order valence-electron chi connectivity index (χ2n) is 8.17. The van der Waals surface area contributed by atoms with E-state index in [1.165, 1.54) is 6.26 Å². The summed E-state index contributed by atoms with van der Waals surface area (Å²) < 4.78 is 25.3. The zero-order valence-electron chi connectivity index (χ0n) is 15.4. The zero-order chi connectivity index (χ0) is 17.7. The van der Waals surface area contributed by atoms with Crippen LogP contribution in [0.25, 0.3) is 0 Å². The number of sulfonamides is 1. The fourth-order valence-corrected chi connectivity index (χ4v) is 6.13. The van der Waals surface area contributed by atoms with Crippen molar-refractivity contribution in [1.82, 2.24) is 14.1 Å². The van der Waals surface area contributed by atoms with Crippen LogP contribution in [0.5, 0.6) is 0 Å². The van der Waals surface area contributed by atoms with Crippen LogP contribution in [-0.2, 0) is 14.8 Å². The third-order valence-electron chi connectivity index (χ3n) is 6.20. The van der Waals surface area contributed by atoms with E-state index in [1.54, 1.807) is 4.31 Å². The van der Waals surface area contributed by atoms with Crippen molar-refractivity contribution < 1.29 is 13.2 Å². The highest BCUT2D eigenvalue weighted by molar-refractivity contribution is 7.88. The molecule has 3 saturated heterocycles. The van der Waals surface area contributed by atoms with Crippen LogP contribution >= 0.6 is 0 Å². The summed E-state index contributed by atoms with van der Waals surface area (Å²) in [6.07, 6.45) is 2.83. The summed E-state index contributed by atoms with van der Waals surface area (Å²) in [5.41, 5.74) is -0.135. The van der Waals surface area contributed by atoms with Crippen LogP contribution in [0.2, 0.25) is 0 Å². The van der Waals surface area contributed by atoms with Gasteiger partial charge in [0.25, 0.3) is 0 Å². The molecule has 3 aliphatic rings. The average Bonchev–Trinajstić information content (AvgIpc) is 2.97.